The van der Waals surface area contributed by atoms with Gasteiger partial charge in [-0.2, -0.15) is 0 Å². The molecule has 0 amide bonds. The van der Waals surface area contributed by atoms with Gasteiger partial charge in [-0.3, -0.25) is 9.59 Å². The first kappa shape index (κ1) is 43.8. The monoisotopic (exact) mass is 803 g/mol. The normalized spacial score (nSPS) is 23.9. The van der Waals surface area contributed by atoms with E-state index in [1.54, 1.807) is 12.1 Å². The number of hydrogen-bond acceptors (Lipinski definition) is 8. The van der Waals surface area contributed by atoms with Crippen molar-refractivity contribution in [3.8, 4) is 23.3 Å². The van der Waals surface area contributed by atoms with Crippen LogP contribution in [0.3, 0.4) is 0 Å². The molecular weight excluding hydrogens is 739 g/mol. The van der Waals surface area contributed by atoms with Crippen molar-refractivity contribution in [3.05, 3.63) is 106 Å². The molecule has 9 heteroatoms. The number of carbonyl (C=O) groups excluding carboxylic acids is 2. The summed E-state index contributed by atoms with van der Waals surface area (Å²) in [5, 5.41) is 35.7. The zero-order valence-electron chi connectivity index (χ0n) is 35.2. The second-order valence-electron chi connectivity index (χ2n) is 17.3. The highest BCUT2D eigenvalue weighted by Gasteiger charge is 2.41. The van der Waals surface area contributed by atoms with Crippen LogP contribution >= 0.6 is 0 Å². The lowest BCUT2D eigenvalue weighted by Crippen LogP contribution is -2.33. The zero-order valence-corrected chi connectivity index (χ0v) is 35.2. The number of carbonyl (C=O) groups is 2. The molecule has 1 saturated carbocycles. The molecular formula is C50H65N3O6. The fourth-order valence-electron chi connectivity index (χ4n) is 9.94. The Morgan fingerprint density at radius 3 is 2.58 bits per heavy atom. The highest BCUT2D eigenvalue weighted by Crippen LogP contribution is 2.45. The van der Waals surface area contributed by atoms with Gasteiger partial charge in [0.1, 0.15) is 11.6 Å². The molecule has 1 aromatic heterocycles. The topological polar surface area (TPSA) is 158 Å². The lowest BCUT2D eigenvalue weighted by Gasteiger charge is -2.33. The Labute approximate surface area is 350 Å². The molecule has 9 nitrogen and oxygen atoms in total. The van der Waals surface area contributed by atoms with Gasteiger partial charge < -0.3 is 36.1 Å². The number of nitrogens with one attached hydrogen (secondary N) is 2. The van der Waals surface area contributed by atoms with Crippen molar-refractivity contribution < 1.29 is 29.6 Å². The SMILES string of the molecule is CCC[C@@H]([C@H]1C[C@H](CC2=CCNC(N)=C2)C[C@H]2C#C[C@H](c3ccccc3)c3cc(O)c(OC)cc3CCC(=O)CC(=O)[C@@H]2C1)[C@H](O)Cc1cc([C@H](C)CCCCO)c[nH]1. The molecule has 316 valence electrons. The van der Waals surface area contributed by atoms with E-state index in [0.29, 0.717) is 49.7 Å². The summed E-state index contributed by atoms with van der Waals surface area (Å²) in [5.41, 5.74) is 12.3. The Morgan fingerprint density at radius 1 is 1.02 bits per heavy atom. The molecule has 1 aliphatic heterocycles. The molecule has 8 atom stereocenters. The van der Waals surface area contributed by atoms with Crippen LogP contribution in [0.4, 0.5) is 0 Å². The Balaban J connectivity index is 1.38. The highest BCUT2D eigenvalue weighted by atomic mass is 16.5. The van der Waals surface area contributed by atoms with Crippen LogP contribution < -0.4 is 15.8 Å². The fourth-order valence-corrected chi connectivity index (χ4v) is 9.94. The molecule has 0 unspecified atom stereocenters. The van der Waals surface area contributed by atoms with Crippen LogP contribution in [0.5, 0.6) is 11.5 Å². The molecule has 7 N–H and O–H groups in total. The van der Waals surface area contributed by atoms with Gasteiger partial charge in [-0.1, -0.05) is 74.9 Å². The van der Waals surface area contributed by atoms with E-state index >= 15 is 0 Å². The van der Waals surface area contributed by atoms with E-state index in [1.165, 1.54) is 12.7 Å². The van der Waals surface area contributed by atoms with Crippen LogP contribution in [-0.2, 0) is 22.4 Å². The number of fused-ring (bicyclic) bond motifs is 2. The quantitative estimate of drug-likeness (QED) is 0.0513. The number of nitrogens with two attached hydrogens (primary N) is 1. The predicted molar refractivity (Wildman–Crippen MR) is 233 cm³/mol. The third-order valence-corrected chi connectivity index (χ3v) is 13.1. The minimum Gasteiger partial charge on any atom is -0.504 e. The number of methoxy groups -OCH3 is 1. The number of rotatable bonds is 15. The molecule has 2 aliphatic carbocycles. The number of phenolic OH excluding ortho intramolecular Hbond substituents is 1. The lowest BCUT2D eigenvalue weighted by molar-refractivity contribution is -0.130. The average molecular weight is 804 g/mol. The molecule has 0 saturated heterocycles. The summed E-state index contributed by atoms with van der Waals surface area (Å²) in [6, 6.07) is 15.7. The number of aromatic amines is 1. The van der Waals surface area contributed by atoms with Crippen LogP contribution in [0.2, 0.25) is 0 Å². The van der Waals surface area contributed by atoms with Gasteiger partial charge >= 0.3 is 0 Å². The molecule has 2 aromatic carbocycles. The molecule has 1 fully saturated rings. The minimum atomic E-state index is -0.625. The number of ether oxygens (including phenoxy) is 1. The third-order valence-electron chi connectivity index (χ3n) is 13.1. The number of unbranched alkanes of at least 4 members (excludes halogenated alkanes) is 1. The second kappa shape index (κ2) is 21.0. The second-order valence-corrected chi connectivity index (χ2v) is 17.3. The van der Waals surface area contributed by atoms with E-state index in [0.717, 1.165) is 72.9 Å². The number of Topliss-reactive ketones (excluding diaryl/α,β-unsaturated/α-hetero) is 2. The summed E-state index contributed by atoms with van der Waals surface area (Å²) in [5.74, 6) is 7.47. The maximum Gasteiger partial charge on any atom is 0.160 e. The average Bonchev–Trinajstić information content (AvgIpc) is 3.61. The van der Waals surface area contributed by atoms with Gasteiger partial charge in [0.25, 0.3) is 0 Å². The Kier molecular flexibility index (Phi) is 15.6. The molecule has 3 aromatic rings. The number of allylic oxidation sites excluding steroid dienone is 2. The highest BCUT2D eigenvalue weighted by molar-refractivity contribution is 6.00. The van der Waals surface area contributed by atoms with E-state index in [1.807, 2.05) is 36.4 Å². The number of hydrogen-bond donors (Lipinski definition) is 6. The van der Waals surface area contributed by atoms with Gasteiger partial charge in [0.15, 0.2) is 11.5 Å². The van der Waals surface area contributed by atoms with Crippen molar-refractivity contribution in [1.82, 2.24) is 10.3 Å². The number of ketones is 2. The number of phenols is 1. The van der Waals surface area contributed by atoms with E-state index in [2.05, 4.69) is 54.3 Å². The van der Waals surface area contributed by atoms with Crippen molar-refractivity contribution in [2.75, 3.05) is 20.3 Å². The Morgan fingerprint density at radius 2 is 1.83 bits per heavy atom. The summed E-state index contributed by atoms with van der Waals surface area (Å²) in [6.07, 6.45) is 13.9. The molecule has 59 heavy (non-hydrogen) atoms. The van der Waals surface area contributed by atoms with Crippen LogP contribution in [-0.4, -0.2) is 58.2 Å². The number of aliphatic hydroxyl groups is 2. The smallest absolute Gasteiger partial charge is 0.160 e. The summed E-state index contributed by atoms with van der Waals surface area (Å²) < 4.78 is 5.49. The van der Waals surface area contributed by atoms with Crippen molar-refractivity contribution >= 4 is 11.6 Å². The number of H-pyrrole nitrogens is 1. The zero-order chi connectivity index (χ0) is 41.9. The number of aromatic nitrogens is 1. The number of benzene rings is 2. The van der Waals surface area contributed by atoms with E-state index in [4.69, 9.17) is 10.5 Å². The van der Waals surface area contributed by atoms with Crippen LogP contribution in [0.25, 0.3) is 0 Å². The summed E-state index contributed by atoms with van der Waals surface area (Å²) in [4.78, 5) is 31.8. The Hall–Kier alpha value is -4.78. The standard InChI is InChI=1S/C50H65N3O6/c1-4-10-43(46(56)28-40-25-39(31-53-40)32(2)11-8-9-20-54)38-23-34(21-33-18-19-52-50(51)24-33)22-36-15-17-42(35-12-6-5-7-13-35)44-30-48(58)49(59-3)27-37(44)14-16-41(55)29-47(57)45(36)26-38/h5-7,12-13,18,24-25,27,30-32,34,36,38,42-43,45-46,52-54,56,58H,4,8-11,14,16,19-23,26,28-29,51H2,1-3H3/t32-,34-,36-,38+,42-,43+,45-,46-/m1/s1. The third kappa shape index (κ3) is 11.5. The summed E-state index contributed by atoms with van der Waals surface area (Å²) in [6.45, 7) is 5.23. The van der Waals surface area contributed by atoms with Gasteiger partial charge in [0.05, 0.1) is 31.4 Å². The van der Waals surface area contributed by atoms with E-state index in [-0.39, 0.29) is 60.4 Å². The maximum absolute atomic E-state index is 14.6. The van der Waals surface area contributed by atoms with E-state index in [9.17, 15) is 24.9 Å². The molecule has 0 bridgehead atoms. The van der Waals surface area contributed by atoms with Gasteiger partial charge in [0, 0.05) is 49.7 Å². The molecule has 0 spiro atoms. The largest absolute Gasteiger partial charge is 0.504 e. The molecule has 6 rings (SSSR count). The number of dihydropyridines is 1. The number of aliphatic hydroxyl groups excluding tert-OH is 2. The van der Waals surface area contributed by atoms with E-state index < -0.39 is 17.9 Å². The first-order chi connectivity index (χ1) is 28.6. The first-order valence-electron chi connectivity index (χ1n) is 21.9. The van der Waals surface area contributed by atoms with Crippen LogP contribution in [0, 0.1) is 41.4 Å². The predicted octanol–water partition coefficient (Wildman–Crippen LogP) is 7.99. The van der Waals surface area contributed by atoms with Crippen molar-refractivity contribution in [3.63, 3.8) is 0 Å². The Bertz CT molecular complexity index is 2010. The van der Waals surface area contributed by atoms with Crippen molar-refractivity contribution in [2.24, 2.45) is 35.3 Å². The fraction of sp³-hybridized carbons (Fsp3) is 0.520. The minimum absolute atomic E-state index is 0.0176. The first-order valence-corrected chi connectivity index (χ1v) is 21.9. The summed E-state index contributed by atoms with van der Waals surface area (Å²) in [7, 11) is 1.51. The summed E-state index contributed by atoms with van der Waals surface area (Å²) >= 11 is 0. The molecule has 0 radical (unpaired) electrons. The van der Waals surface area contributed by atoms with Gasteiger partial charge in [-0.15, -0.1) is 0 Å². The van der Waals surface area contributed by atoms with Crippen molar-refractivity contribution in [2.45, 2.75) is 115 Å². The van der Waals surface area contributed by atoms with Gasteiger partial charge in [-0.05, 0) is 127 Å². The number of aryl methyl sites for hydroxylation is 1. The van der Waals surface area contributed by atoms with Gasteiger partial charge in [-0.25, -0.2) is 0 Å². The molecule has 2 heterocycles. The maximum atomic E-state index is 14.6. The van der Waals surface area contributed by atoms with Crippen LogP contribution in [0.15, 0.2) is 78.3 Å². The number of aromatic hydroxyl groups is 1. The lowest BCUT2D eigenvalue weighted by atomic mass is 9.73. The van der Waals surface area contributed by atoms with Crippen LogP contribution in [0.1, 0.15) is 124 Å². The van der Waals surface area contributed by atoms with Crippen molar-refractivity contribution in [1.29, 1.82) is 0 Å². The van der Waals surface area contributed by atoms with Gasteiger partial charge in [0.2, 0.25) is 0 Å². The molecule has 3 aliphatic rings.